The van der Waals surface area contributed by atoms with Crippen LogP contribution in [-0.2, 0) is 9.53 Å². The standard InChI is InChI=1S/C21H27NO3/c1-16-4-2-5-17(14-16)7-11-21(24)10-3-6-19(15-21)22-20(23)18-8-12-25-13-9-18/h2,4-5,14,18-19,24H,3,6,8-10,12-13,15H2,1H3,(H,22,23)/t19-,21+/m1/s1. The second-order valence-corrected chi connectivity index (χ2v) is 7.34. The molecule has 2 aliphatic rings. The normalized spacial score (nSPS) is 27.2. The number of ether oxygens (including phenoxy) is 1. The van der Waals surface area contributed by atoms with Gasteiger partial charge in [0.25, 0.3) is 0 Å². The molecular weight excluding hydrogens is 314 g/mol. The summed E-state index contributed by atoms with van der Waals surface area (Å²) in [5, 5.41) is 14.0. The molecule has 0 spiro atoms. The molecule has 0 aromatic heterocycles. The van der Waals surface area contributed by atoms with E-state index in [2.05, 4.69) is 17.2 Å². The molecule has 4 heteroatoms. The van der Waals surface area contributed by atoms with Crippen LogP contribution in [0.5, 0.6) is 0 Å². The molecular formula is C21H27NO3. The van der Waals surface area contributed by atoms with Crippen LogP contribution in [0, 0.1) is 24.7 Å². The Bertz CT molecular complexity index is 669. The highest BCUT2D eigenvalue weighted by atomic mass is 16.5. The van der Waals surface area contributed by atoms with Gasteiger partial charge >= 0.3 is 0 Å². The molecule has 2 N–H and O–H groups in total. The predicted octanol–water partition coefficient (Wildman–Crippen LogP) is 2.56. The Morgan fingerprint density at radius 2 is 2.12 bits per heavy atom. The first-order valence-corrected chi connectivity index (χ1v) is 9.24. The zero-order chi connectivity index (χ0) is 17.7. The van der Waals surface area contributed by atoms with Crippen LogP contribution in [-0.4, -0.2) is 35.9 Å². The average Bonchev–Trinajstić information content (AvgIpc) is 2.61. The lowest BCUT2D eigenvalue weighted by Crippen LogP contribution is -2.47. The summed E-state index contributed by atoms with van der Waals surface area (Å²) in [6.07, 6.45) is 4.52. The number of benzene rings is 1. The van der Waals surface area contributed by atoms with Gasteiger partial charge in [-0.3, -0.25) is 4.79 Å². The molecule has 1 aliphatic carbocycles. The van der Waals surface area contributed by atoms with Gasteiger partial charge in [0.1, 0.15) is 5.60 Å². The summed E-state index contributed by atoms with van der Waals surface area (Å²) in [4.78, 5) is 12.4. The van der Waals surface area contributed by atoms with Crippen molar-refractivity contribution in [1.29, 1.82) is 0 Å². The van der Waals surface area contributed by atoms with Gasteiger partial charge in [-0.1, -0.05) is 24.0 Å². The summed E-state index contributed by atoms with van der Waals surface area (Å²) >= 11 is 0. The number of hydrogen-bond donors (Lipinski definition) is 2. The molecule has 1 saturated carbocycles. The Morgan fingerprint density at radius 3 is 2.88 bits per heavy atom. The largest absolute Gasteiger partial charge is 0.381 e. The van der Waals surface area contributed by atoms with Crippen LogP contribution in [0.3, 0.4) is 0 Å². The molecule has 2 fully saturated rings. The summed E-state index contributed by atoms with van der Waals surface area (Å²) in [5.74, 6) is 6.31. The van der Waals surface area contributed by atoms with Crippen LogP contribution >= 0.6 is 0 Å². The number of rotatable bonds is 2. The van der Waals surface area contributed by atoms with E-state index >= 15 is 0 Å². The van der Waals surface area contributed by atoms with Crippen LogP contribution in [0.25, 0.3) is 0 Å². The average molecular weight is 341 g/mol. The van der Waals surface area contributed by atoms with Crippen molar-refractivity contribution in [3.05, 3.63) is 35.4 Å². The Hall–Kier alpha value is -1.83. The lowest BCUT2D eigenvalue weighted by Gasteiger charge is -2.34. The Labute approximate surface area is 150 Å². The molecule has 134 valence electrons. The molecule has 2 atom stereocenters. The van der Waals surface area contributed by atoms with E-state index in [1.54, 1.807) is 0 Å². The second kappa shape index (κ2) is 8.03. The van der Waals surface area contributed by atoms with Crippen molar-refractivity contribution in [3.8, 4) is 11.8 Å². The van der Waals surface area contributed by atoms with Crippen LogP contribution in [0.4, 0.5) is 0 Å². The number of aryl methyl sites for hydroxylation is 1. The van der Waals surface area contributed by atoms with Crippen LogP contribution in [0.2, 0.25) is 0 Å². The maximum absolute atomic E-state index is 12.4. The highest BCUT2D eigenvalue weighted by Crippen LogP contribution is 2.28. The zero-order valence-corrected chi connectivity index (χ0v) is 14.9. The fourth-order valence-corrected chi connectivity index (χ4v) is 3.68. The topological polar surface area (TPSA) is 58.6 Å². The van der Waals surface area contributed by atoms with Gasteiger partial charge in [0.05, 0.1) is 0 Å². The Morgan fingerprint density at radius 1 is 1.32 bits per heavy atom. The fourth-order valence-electron chi connectivity index (χ4n) is 3.68. The smallest absolute Gasteiger partial charge is 0.223 e. The SMILES string of the molecule is Cc1cccc(C#C[C@@]2(O)CCC[C@@H](NC(=O)C3CCOCC3)C2)c1. The van der Waals surface area contributed by atoms with E-state index in [0.717, 1.165) is 36.8 Å². The van der Waals surface area contributed by atoms with Crippen molar-refractivity contribution >= 4 is 5.91 Å². The molecule has 1 heterocycles. The van der Waals surface area contributed by atoms with Crippen molar-refractivity contribution in [2.75, 3.05) is 13.2 Å². The lowest BCUT2D eigenvalue weighted by molar-refractivity contribution is -0.129. The van der Waals surface area contributed by atoms with Gasteiger partial charge in [-0.25, -0.2) is 0 Å². The molecule has 1 aliphatic heterocycles. The van der Waals surface area contributed by atoms with Crippen molar-refractivity contribution in [3.63, 3.8) is 0 Å². The third-order valence-electron chi connectivity index (χ3n) is 5.12. The molecule has 1 amide bonds. The monoisotopic (exact) mass is 341 g/mol. The molecule has 0 radical (unpaired) electrons. The predicted molar refractivity (Wildman–Crippen MR) is 96.9 cm³/mol. The summed E-state index contributed by atoms with van der Waals surface area (Å²) in [7, 11) is 0. The van der Waals surface area contributed by atoms with Crippen molar-refractivity contribution in [1.82, 2.24) is 5.32 Å². The van der Waals surface area contributed by atoms with E-state index in [9.17, 15) is 9.90 Å². The van der Waals surface area contributed by atoms with Gasteiger partial charge in [0.2, 0.25) is 5.91 Å². The minimum Gasteiger partial charge on any atom is -0.381 e. The first-order valence-electron chi connectivity index (χ1n) is 9.24. The van der Waals surface area contributed by atoms with Crippen molar-refractivity contribution in [2.45, 2.75) is 57.1 Å². The quantitative estimate of drug-likeness (QED) is 0.813. The van der Waals surface area contributed by atoms with Crippen LogP contribution < -0.4 is 5.32 Å². The van der Waals surface area contributed by atoms with Crippen LogP contribution in [0.15, 0.2) is 24.3 Å². The Balaban J connectivity index is 1.61. The molecule has 3 rings (SSSR count). The van der Waals surface area contributed by atoms with Crippen molar-refractivity contribution in [2.24, 2.45) is 5.92 Å². The summed E-state index contributed by atoms with van der Waals surface area (Å²) in [5.41, 5.74) is 1.06. The van der Waals surface area contributed by atoms with Gasteiger partial charge in [0.15, 0.2) is 0 Å². The highest BCUT2D eigenvalue weighted by Gasteiger charge is 2.34. The minimum absolute atomic E-state index is 0.000837. The molecule has 1 aromatic carbocycles. The first kappa shape index (κ1) is 18.0. The van der Waals surface area contributed by atoms with E-state index < -0.39 is 5.60 Å². The second-order valence-electron chi connectivity index (χ2n) is 7.34. The molecule has 1 saturated heterocycles. The number of aliphatic hydroxyl groups is 1. The molecule has 25 heavy (non-hydrogen) atoms. The van der Waals surface area contributed by atoms with E-state index in [-0.39, 0.29) is 17.9 Å². The maximum atomic E-state index is 12.4. The fraction of sp³-hybridized carbons (Fsp3) is 0.571. The first-order chi connectivity index (χ1) is 12.0. The van der Waals surface area contributed by atoms with Gasteiger partial charge in [-0.2, -0.15) is 0 Å². The maximum Gasteiger partial charge on any atom is 0.223 e. The number of hydrogen-bond acceptors (Lipinski definition) is 3. The Kier molecular flexibility index (Phi) is 5.78. The molecule has 0 unspecified atom stereocenters. The van der Waals surface area contributed by atoms with Gasteiger partial charge in [-0.15, -0.1) is 0 Å². The minimum atomic E-state index is -1.02. The molecule has 0 bridgehead atoms. The van der Waals surface area contributed by atoms with E-state index in [0.29, 0.717) is 26.1 Å². The van der Waals surface area contributed by atoms with E-state index in [4.69, 9.17) is 4.74 Å². The number of carbonyl (C=O) groups excluding carboxylic acids is 1. The summed E-state index contributed by atoms with van der Waals surface area (Å²) in [6.45, 7) is 3.35. The van der Waals surface area contributed by atoms with E-state index in [1.165, 1.54) is 0 Å². The number of carbonyl (C=O) groups is 1. The van der Waals surface area contributed by atoms with Gasteiger partial charge in [-0.05, 0) is 56.7 Å². The van der Waals surface area contributed by atoms with E-state index in [1.807, 2.05) is 31.2 Å². The van der Waals surface area contributed by atoms with Gasteiger partial charge < -0.3 is 15.2 Å². The number of nitrogens with one attached hydrogen (secondary N) is 1. The van der Waals surface area contributed by atoms with Crippen molar-refractivity contribution < 1.29 is 14.6 Å². The molecule has 4 nitrogen and oxygen atoms in total. The third kappa shape index (κ3) is 5.07. The molecule has 1 aromatic rings. The van der Waals surface area contributed by atoms with Gasteiger partial charge in [0, 0.05) is 37.2 Å². The van der Waals surface area contributed by atoms with Crippen LogP contribution in [0.1, 0.15) is 49.7 Å². The summed E-state index contributed by atoms with van der Waals surface area (Å²) in [6, 6.07) is 7.98. The zero-order valence-electron chi connectivity index (χ0n) is 14.9. The summed E-state index contributed by atoms with van der Waals surface area (Å²) < 4.78 is 5.32. The highest BCUT2D eigenvalue weighted by molar-refractivity contribution is 5.79. The number of amides is 1. The lowest BCUT2D eigenvalue weighted by atomic mass is 9.81. The third-order valence-corrected chi connectivity index (χ3v) is 5.12.